The van der Waals surface area contributed by atoms with Gasteiger partial charge in [-0.2, -0.15) is 4.37 Å². The molecule has 0 saturated carbocycles. The van der Waals surface area contributed by atoms with Crippen LogP contribution in [0, 0.1) is 0 Å². The van der Waals surface area contributed by atoms with Crippen molar-refractivity contribution in [3.8, 4) is 0 Å². The fraction of sp³-hybridized carbons (Fsp3) is 0.333. The second-order valence-electron chi connectivity index (χ2n) is 4.05. The molecule has 0 fully saturated rings. The van der Waals surface area contributed by atoms with Gasteiger partial charge in [0.25, 0.3) is 0 Å². The highest BCUT2D eigenvalue weighted by Crippen LogP contribution is 2.23. The van der Waals surface area contributed by atoms with Gasteiger partial charge in [0, 0.05) is 42.3 Å². The minimum atomic E-state index is 0.669. The highest BCUT2D eigenvalue weighted by molar-refractivity contribution is 7.09. The second-order valence-corrected chi connectivity index (χ2v) is 5.19. The first-order valence-corrected chi connectivity index (χ1v) is 6.83. The summed E-state index contributed by atoms with van der Waals surface area (Å²) in [6.07, 6.45) is 0.851. The molecule has 18 heavy (non-hydrogen) atoms. The third kappa shape index (κ3) is 2.91. The van der Waals surface area contributed by atoms with Crippen LogP contribution in [0.4, 0.5) is 10.8 Å². The molecule has 0 aliphatic heterocycles. The first kappa shape index (κ1) is 13.1. The van der Waals surface area contributed by atoms with Crippen LogP contribution in [-0.4, -0.2) is 16.4 Å². The molecule has 2 aromatic rings. The van der Waals surface area contributed by atoms with Crippen molar-refractivity contribution in [2.24, 2.45) is 0 Å². The van der Waals surface area contributed by atoms with Gasteiger partial charge in [0.15, 0.2) is 0 Å². The van der Waals surface area contributed by atoms with Crippen molar-refractivity contribution in [1.82, 2.24) is 9.36 Å². The maximum Gasteiger partial charge on any atom is 0.205 e. The molecule has 0 aliphatic rings. The fourth-order valence-corrected chi connectivity index (χ4v) is 2.47. The van der Waals surface area contributed by atoms with Crippen LogP contribution in [0.1, 0.15) is 18.3 Å². The van der Waals surface area contributed by atoms with Crippen LogP contribution in [0.2, 0.25) is 5.02 Å². The molecular weight excluding hydrogens is 268 g/mol. The van der Waals surface area contributed by atoms with E-state index in [4.69, 9.17) is 17.3 Å². The number of nitrogen functional groups attached to an aromatic ring is 1. The SMILES string of the molecule is CCc1nsc(N(C)Cc2cc(N)ccc2Cl)n1. The van der Waals surface area contributed by atoms with E-state index >= 15 is 0 Å². The largest absolute Gasteiger partial charge is 0.399 e. The van der Waals surface area contributed by atoms with Crippen LogP contribution >= 0.6 is 23.1 Å². The van der Waals surface area contributed by atoms with E-state index in [0.29, 0.717) is 12.2 Å². The Kier molecular flexibility index (Phi) is 4.04. The summed E-state index contributed by atoms with van der Waals surface area (Å²) in [7, 11) is 1.97. The molecule has 0 atom stereocenters. The third-order valence-corrected chi connectivity index (χ3v) is 3.81. The van der Waals surface area contributed by atoms with Crippen molar-refractivity contribution in [1.29, 1.82) is 0 Å². The Bertz CT molecular complexity index is 541. The predicted molar refractivity (Wildman–Crippen MR) is 77.3 cm³/mol. The number of benzene rings is 1. The van der Waals surface area contributed by atoms with Gasteiger partial charge in [-0.15, -0.1) is 0 Å². The smallest absolute Gasteiger partial charge is 0.205 e. The van der Waals surface area contributed by atoms with Gasteiger partial charge in [0.05, 0.1) is 0 Å². The normalized spacial score (nSPS) is 10.6. The number of rotatable bonds is 4. The zero-order chi connectivity index (χ0) is 13.1. The van der Waals surface area contributed by atoms with Gasteiger partial charge < -0.3 is 10.6 Å². The van der Waals surface area contributed by atoms with E-state index in [1.165, 1.54) is 11.5 Å². The van der Waals surface area contributed by atoms with Crippen LogP contribution in [0.3, 0.4) is 0 Å². The molecule has 1 aromatic heterocycles. The Balaban J connectivity index is 2.15. The Morgan fingerprint density at radius 3 is 2.89 bits per heavy atom. The topological polar surface area (TPSA) is 55.0 Å². The van der Waals surface area contributed by atoms with E-state index < -0.39 is 0 Å². The molecule has 0 spiro atoms. The highest BCUT2D eigenvalue weighted by Gasteiger charge is 2.10. The van der Waals surface area contributed by atoms with Gasteiger partial charge >= 0.3 is 0 Å². The van der Waals surface area contributed by atoms with Gasteiger partial charge in [0.2, 0.25) is 5.13 Å². The molecule has 2 rings (SSSR count). The molecule has 0 unspecified atom stereocenters. The summed E-state index contributed by atoms with van der Waals surface area (Å²) in [4.78, 5) is 6.46. The third-order valence-electron chi connectivity index (χ3n) is 2.58. The van der Waals surface area contributed by atoms with Crippen LogP contribution in [0.15, 0.2) is 18.2 Å². The van der Waals surface area contributed by atoms with Gasteiger partial charge in [-0.3, -0.25) is 0 Å². The predicted octanol–water partition coefficient (Wildman–Crippen LogP) is 2.97. The highest BCUT2D eigenvalue weighted by atomic mass is 35.5. The Morgan fingerprint density at radius 2 is 2.22 bits per heavy atom. The van der Waals surface area contributed by atoms with E-state index in [2.05, 4.69) is 9.36 Å². The number of aromatic nitrogens is 2. The fourth-order valence-electron chi connectivity index (χ4n) is 1.58. The lowest BCUT2D eigenvalue weighted by atomic mass is 10.2. The van der Waals surface area contributed by atoms with Crippen molar-refractivity contribution in [3.63, 3.8) is 0 Å². The first-order valence-electron chi connectivity index (χ1n) is 5.67. The lowest BCUT2D eigenvalue weighted by molar-refractivity contribution is 0.899. The van der Waals surface area contributed by atoms with E-state index in [-0.39, 0.29) is 0 Å². The van der Waals surface area contributed by atoms with Crippen LogP contribution in [-0.2, 0) is 13.0 Å². The van der Waals surface area contributed by atoms with Crippen molar-refractivity contribution in [2.75, 3.05) is 17.7 Å². The molecular formula is C12H15ClN4S. The van der Waals surface area contributed by atoms with E-state index in [9.17, 15) is 0 Å². The summed E-state index contributed by atoms with van der Waals surface area (Å²) < 4.78 is 4.27. The molecule has 0 aliphatic carbocycles. The number of nitrogens with two attached hydrogens (primary N) is 1. The van der Waals surface area contributed by atoms with Crippen LogP contribution in [0.25, 0.3) is 0 Å². The van der Waals surface area contributed by atoms with Gasteiger partial charge in [-0.25, -0.2) is 4.98 Å². The van der Waals surface area contributed by atoms with Gasteiger partial charge in [-0.05, 0) is 23.8 Å². The van der Waals surface area contributed by atoms with E-state index in [1.807, 2.05) is 31.0 Å². The number of aryl methyl sites for hydroxylation is 1. The monoisotopic (exact) mass is 282 g/mol. The maximum atomic E-state index is 6.15. The first-order chi connectivity index (χ1) is 8.60. The summed E-state index contributed by atoms with van der Waals surface area (Å²) >= 11 is 7.55. The van der Waals surface area contributed by atoms with Crippen molar-refractivity contribution in [2.45, 2.75) is 19.9 Å². The standard InChI is InChI=1S/C12H15ClN4S/c1-3-11-15-12(18-16-11)17(2)7-8-6-9(14)4-5-10(8)13/h4-6H,3,7,14H2,1-2H3. The molecule has 2 N–H and O–H groups in total. The van der Waals surface area contributed by atoms with E-state index in [1.54, 1.807) is 6.07 Å². The second kappa shape index (κ2) is 5.54. The lowest BCUT2D eigenvalue weighted by Crippen LogP contribution is -2.16. The molecule has 4 nitrogen and oxygen atoms in total. The molecule has 0 amide bonds. The van der Waals surface area contributed by atoms with Gasteiger partial charge in [-0.1, -0.05) is 18.5 Å². The molecule has 0 radical (unpaired) electrons. The average Bonchev–Trinajstić information content (AvgIpc) is 2.82. The number of anilines is 2. The van der Waals surface area contributed by atoms with E-state index in [0.717, 1.165) is 28.0 Å². The summed E-state index contributed by atoms with van der Waals surface area (Å²) in [5.41, 5.74) is 7.47. The molecule has 6 heteroatoms. The average molecular weight is 283 g/mol. The lowest BCUT2D eigenvalue weighted by Gasteiger charge is -2.16. The minimum absolute atomic E-state index is 0.669. The summed E-state index contributed by atoms with van der Waals surface area (Å²) in [6.45, 7) is 2.71. The number of halogens is 1. The molecule has 0 bridgehead atoms. The summed E-state index contributed by atoms with van der Waals surface area (Å²) in [6, 6.07) is 5.50. The number of nitrogens with zero attached hydrogens (tertiary/aromatic N) is 3. The summed E-state index contributed by atoms with van der Waals surface area (Å²) in [5.74, 6) is 0.875. The Labute approximate surface area is 116 Å². The molecule has 96 valence electrons. The molecule has 1 heterocycles. The maximum absolute atomic E-state index is 6.15. The van der Waals surface area contributed by atoms with Crippen molar-refractivity contribution < 1.29 is 0 Å². The van der Waals surface area contributed by atoms with Crippen molar-refractivity contribution in [3.05, 3.63) is 34.6 Å². The van der Waals surface area contributed by atoms with Gasteiger partial charge in [0.1, 0.15) is 5.82 Å². The number of hydrogen-bond acceptors (Lipinski definition) is 5. The molecule has 1 aromatic carbocycles. The molecule has 0 saturated heterocycles. The summed E-state index contributed by atoms with van der Waals surface area (Å²) in [5, 5.41) is 1.61. The number of hydrogen-bond donors (Lipinski definition) is 1. The Hall–Kier alpha value is -1.33. The Morgan fingerprint density at radius 1 is 1.44 bits per heavy atom. The minimum Gasteiger partial charge on any atom is -0.399 e. The zero-order valence-electron chi connectivity index (χ0n) is 10.4. The van der Waals surface area contributed by atoms with Crippen molar-refractivity contribution >= 4 is 34.0 Å². The van der Waals surface area contributed by atoms with Crippen LogP contribution < -0.4 is 10.6 Å². The van der Waals surface area contributed by atoms with Crippen LogP contribution in [0.5, 0.6) is 0 Å². The zero-order valence-corrected chi connectivity index (χ0v) is 11.9. The quantitative estimate of drug-likeness (QED) is 0.876.